The Hall–Kier alpha value is -5.48. The third-order valence-corrected chi connectivity index (χ3v) is 10.5. The average molecular weight is 848 g/mol. The second-order valence-electron chi connectivity index (χ2n) is 14.2. The van der Waals surface area contributed by atoms with Crippen LogP contribution in [0.1, 0.15) is 50.5 Å². The minimum absolute atomic E-state index is 0.0704. The van der Waals surface area contributed by atoms with Gasteiger partial charge in [-0.1, -0.05) is 30.3 Å². The van der Waals surface area contributed by atoms with E-state index >= 15 is 0 Å². The van der Waals surface area contributed by atoms with Crippen molar-refractivity contribution in [2.45, 2.75) is 87.6 Å². The molecule has 3 rings (SSSR count). The normalized spacial score (nSPS) is 18.1. The van der Waals surface area contributed by atoms with Crippen molar-refractivity contribution in [2.24, 2.45) is 11.5 Å². The lowest BCUT2D eigenvalue weighted by Gasteiger charge is -2.29. The molecular formula is C37H57N11O10S. The van der Waals surface area contributed by atoms with E-state index in [1.807, 2.05) is 6.26 Å². The maximum atomic E-state index is 13.6. The van der Waals surface area contributed by atoms with Crippen LogP contribution in [0.5, 0.6) is 0 Å². The van der Waals surface area contributed by atoms with Gasteiger partial charge in [-0.15, -0.1) is 0 Å². The van der Waals surface area contributed by atoms with E-state index in [9.17, 15) is 43.5 Å². The second-order valence-corrected chi connectivity index (χ2v) is 15.2. The number of carboxylic acid groups (broad SMARTS) is 1. The number of likely N-dealkylation sites (tertiary alicyclic amines) is 2. The Morgan fingerprint density at radius 1 is 0.814 bits per heavy atom. The number of aliphatic hydroxyl groups is 1. The number of hydrogen-bond acceptors (Lipinski definition) is 12. The summed E-state index contributed by atoms with van der Waals surface area (Å²) in [5, 5.41) is 41.5. The van der Waals surface area contributed by atoms with Gasteiger partial charge in [0.1, 0.15) is 36.8 Å². The number of guanidine groups is 1. The zero-order valence-corrected chi connectivity index (χ0v) is 33.9. The van der Waals surface area contributed by atoms with Crippen molar-refractivity contribution in [3.05, 3.63) is 35.9 Å². The van der Waals surface area contributed by atoms with Gasteiger partial charge in [0.25, 0.3) is 0 Å². The predicted molar refractivity (Wildman–Crippen MR) is 216 cm³/mol. The maximum absolute atomic E-state index is 13.6. The molecule has 2 fully saturated rings. The molecule has 21 nitrogen and oxygen atoms in total. The number of amides is 7. The van der Waals surface area contributed by atoms with Crippen LogP contribution in [0.2, 0.25) is 0 Å². The van der Waals surface area contributed by atoms with E-state index in [1.54, 1.807) is 30.3 Å². The van der Waals surface area contributed by atoms with E-state index in [-0.39, 0.29) is 51.2 Å². The first kappa shape index (κ1) is 47.9. The molecule has 0 aromatic heterocycles. The molecule has 0 bridgehead atoms. The number of aliphatic hydroxyl groups excluding tert-OH is 1. The molecule has 2 aliphatic heterocycles. The van der Waals surface area contributed by atoms with Crippen LogP contribution in [0, 0.1) is 5.41 Å². The molecule has 59 heavy (non-hydrogen) atoms. The van der Waals surface area contributed by atoms with Crippen molar-refractivity contribution in [2.75, 3.05) is 51.3 Å². The number of nitrogens with two attached hydrogens (primary N) is 2. The molecule has 22 heteroatoms. The van der Waals surface area contributed by atoms with Gasteiger partial charge in [0.2, 0.25) is 41.4 Å². The van der Waals surface area contributed by atoms with E-state index in [2.05, 4.69) is 31.9 Å². The molecule has 7 amide bonds. The summed E-state index contributed by atoms with van der Waals surface area (Å²) in [7, 11) is 0. The fourth-order valence-electron chi connectivity index (χ4n) is 6.75. The van der Waals surface area contributed by atoms with Gasteiger partial charge in [-0.2, -0.15) is 11.8 Å². The van der Waals surface area contributed by atoms with Crippen LogP contribution in [-0.2, 0) is 44.8 Å². The highest BCUT2D eigenvalue weighted by Crippen LogP contribution is 2.20. The van der Waals surface area contributed by atoms with Crippen LogP contribution in [-0.4, -0.2) is 161 Å². The minimum Gasteiger partial charge on any atom is -0.480 e. The van der Waals surface area contributed by atoms with Crippen molar-refractivity contribution in [3.8, 4) is 0 Å². The summed E-state index contributed by atoms with van der Waals surface area (Å²) in [5.74, 6) is -5.59. The number of carboxylic acids is 1. The van der Waals surface area contributed by atoms with Crippen molar-refractivity contribution in [1.29, 1.82) is 5.41 Å². The lowest BCUT2D eigenvalue weighted by atomic mass is 10.0. The molecule has 326 valence electrons. The Bertz CT molecular complexity index is 1660. The number of nitrogens with one attached hydrogen (secondary N) is 7. The molecule has 0 saturated carbocycles. The minimum atomic E-state index is -1.38. The molecule has 6 atom stereocenters. The summed E-state index contributed by atoms with van der Waals surface area (Å²) in [6.45, 7) is -1.22. The van der Waals surface area contributed by atoms with Crippen molar-refractivity contribution in [1.82, 2.24) is 41.7 Å². The molecular weight excluding hydrogens is 791 g/mol. The molecule has 0 radical (unpaired) electrons. The standard InChI is InChI=1S/C37H57N11O10S/c1-59-17-13-24(44-35(57)28-12-7-16-48(28)36(58)26(21-49)46-31(53)23(38)10-5-14-41-37(39)40)32(54)42-19-29(50)47-15-6-11-27(47)34(56)45-25(33(55)43-20-30(51)52)18-22-8-3-2-4-9-22/h2-4,8-9,23-28,49H,5-7,10-21,38H2,1H3,(H,42,54)(H,43,55)(H,44,57)(H,45,56)(H,46,53)(H,51,52)(H4,39,40,41)/t23-,24-,25-,26-,27-,28-/m0/s1. The van der Waals surface area contributed by atoms with Gasteiger partial charge >= 0.3 is 5.97 Å². The Morgan fingerprint density at radius 2 is 1.41 bits per heavy atom. The van der Waals surface area contributed by atoms with Gasteiger partial charge in [-0.05, 0) is 62.5 Å². The lowest BCUT2D eigenvalue weighted by molar-refractivity contribution is -0.143. The summed E-state index contributed by atoms with van der Waals surface area (Å²) < 4.78 is 0. The summed E-state index contributed by atoms with van der Waals surface area (Å²) >= 11 is 1.42. The number of hydrogen-bond donors (Lipinski definition) is 11. The fourth-order valence-corrected chi connectivity index (χ4v) is 7.23. The quantitative estimate of drug-likeness (QED) is 0.0287. The number of thioether (sulfide) groups is 1. The van der Waals surface area contributed by atoms with Crippen LogP contribution < -0.4 is 43.4 Å². The topological polar surface area (TPSA) is 332 Å². The van der Waals surface area contributed by atoms with Gasteiger partial charge < -0.3 is 63.4 Å². The summed E-state index contributed by atoms with van der Waals surface area (Å²) in [6.07, 6.45) is 4.15. The van der Waals surface area contributed by atoms with Gasteiger partial charge in [-0.25, -0.2) is 0 Å². The first-order chi connectivity index (χ1) is 28.2. The second kappa shape index (κ2) is 24.4. The third-order valence-electron chi connectivity index (χ3n) is 9.84. The van der Waals surface area contributed by atoms with Crippen LogP contribution in [0.25, 0.3) is 0 Å². The van der Waals surface area contributed by atoms with Gasteiger partial charge in [-0.3, -0.25) is 43.8 Å². The van der Waals surface area contributed by atoms with E-state index in [4.69, 9.17) is 22.0 Å². The smallest absolute Gasteiger partial charge is 0.322 e. The van der Waals surface area contributed by atoms with Crippen LogP contribution in [0.4, 0.5) is 0 Å². The first-order valence-electron chi connectivity index (χ1n) is 19.4. The molecule has 13 N–H and O–H groups in total. The van der Waals surface area contributed by atoms with Gasteiger partial charge in [0, 0.05) is 26.1 Å². The largest absolute Gasteiger partial charge is 0.480 e. The molecule has 0 aliphatic carbocycles. The molecule has 0 spiro atoms. The zero-order valence-electron chi connectivity index (χ0n) is 33.1. The molecule has 0 unspecified atom stereocenters. The van der Waals surface area contributed by atoms with Crippen LogP contribution in [0.15, 0.2) is 30.3 Å². The molecule has 2 aliphatic rings. The average Bonchev–Trinajstić information content (AvgIpc) is 3.92. The van der Waals surface area contributed by atoms with Gasteiger partial charge in [0.15, 0.2) is 5.96 Å². The van der Waals surface area contributed by atoms with E-state index < -0.39 is 103 Å². The highest BCUT2D eigenvalue weighted by molar-refractivity contribution is 7.98. The monoisotopic (exact) mass is 847 g/mol. The Labute approximate surface area is 346 Å². The summed E-state index contributed by atoms with van der Waals surface area (Å²) in [5.41, 5.74) is 11.9. The number of benzene rings is 1. The van der Waals surface area contributed by atoms with Crippen LogP contribution >= 0.6 is 11.8 Å². The molecule has 2 heterocycles. The van der Waals surface area contributed by atoms with Crippen molar-refractivity contribution >= 4 is 65.0 Å². The van der Waals surface area contributed by atoms with E-state index in [0.717, 1.165) is 0 Å². The van der Waals surface area contributed by atoms with E-state index in [0.29, 0.717) is 37.1 Å². The van der Waals surface area contributed by atoms with Crippen molar-refractivity contribution < 1.29 is 48.6 Å². The molecule has 1 aromatic rings. The lowest BCUT2D eigenvalue weighted by Crippen LogP contribution is -2.58. The van der Waals surface area contributed by atoms with Crippen LogP contribution in [0.3, 0.4) is 0 Å². The van der Waals surface area contributed by atoms with Crippen molar-refractivity contribution in [3.63, 3.8) is 0 Å². The molecule has 2 saturated heterocycles. The summed E-state index contributed by atoms with van der Waals surface area (Å²) in [6, 6.07) is 2.24. The Morgan fingerprint density at radius 3 is 2.02 bits per heavy atom. The van der Waals surface area contributed by atoms with Gasteiger partial charge in [0.05, 0.1) is 19.2 Å². The third kappa shape index (κ3) is 15.3. The highest BCUT2D eigenvalue weighted by atomic mass is 32.2. The Balaban J connectivity index is 1.60. The highest BCUT2D eigenvalue weighted by Gasteiger charge is 2.40. The number of carbonyl (C=O) groups is 8. The number of nitrogens with zero attached hydrogens (tertiary/aromatic N) is 2. The zero-order chi connectivity index (χ0) is 43.5. The van der Waals surface area contributed by atoms with E-state index in [1.165, 1.54) is 21.6 Å². The Kier molecular flexibility index (Phi) is 19.8. The number of rotatable bonds is 23. The SMILES string of the molecule is CSCC[C@H](NC(=O)[C@@H]1CCCN1C(=O)[C@H](CO)NC(=O)[C@@H](N)CCCNC(=N)N)C(=O)NCC(=O)N1CCC[C@H]1C(=O)N[C@@H](Cc1ccccc1)C(=O)NCC(=O)O. The summed E-state index contributed by atoms with van der Waals surface area (Å²) in [4.78, 5) is 107. The number of carbonyl (C=O) groups excluding carboxylic acids is 7. The maximum Gasteiger partial charge on any atom is 0.322 e. The first-order valence-corrected chi connectivity index (χ1v) is 20.8. The predicted octanol–water partition coefficient (Wildman–Crippen LogP) is -3.68. The fraction of sp³-hybridized carbons (Fsp3) is 0.595. The number of aliphatic carboxylic acids is 1. The molecule has 1 aromatic carbocycles.